The first-order chi connectivity index (χ1) is 5.76. The number of carbonyl (C=O) groups is 1. The molecule has 0 aromatic carbocycles. The molecule has 5 heteroatoms. The van der Waals surface area contributed by atoms with Gasteiger partial charge in [-0.05, 0) is 0 Å². The molecule has 1 heterocycles. The molecular weight excluding hydrogens is 153 g/mol. The van der Waals surface area contributed by atoms with Crippen molar-refractivity contribution in [3.63, 3.8) is 0 Å². The van der Waals surface area contributed by atoms with Gasteiger partial charge in [0, 0.05) is 0 Å². The average Bonchev–Trinajstić information content (AvgIpc) is 2.69. The van der Waals surface area contributed by atoms with Gasteiger partial charge in [0.1, 0.15) is 0 Å². The van der Waals surface area contributed by atoms with E-state index in [1.807, 2.05) is 0 Å². The minimum absolute atomic E-state index is 0.250. The summed E-state index contributed by atoms with van der Waals surface area (Å²) >= 11 is 2.26. The molecule has 0 aliphatic carbocycles. The molecule has 66 valence electrons. The molecule has 1 aliphatic heterocycles. The van der Waals surface area contributed by atoms with Gasteiger partial charge in [0.25, 0.3) is 6.47 Å². The van der Waals surface area contributed by atoms with Crippen LogP contribution in [0.4, 0.5) is 0 Å². The van der Waals surface area contributed by atoms with E-state index in [-0.39, 0.29) is 6.47 Å². The average molecular weight is 167 g/mol. The van der Waals surface area contributed by atoms with Crippen LogP contribution in [0.15, 0.2) is 0 Å². The molecule has 0 spiro atoms. The maximum atomic E-state index is 8.36. The molecule has 12 heavy (non-hydrogen) atoms. The van der Waals surface area contributed by atoms with Crippen molar-refractivity contribution in [3.05, 3.63) is 0 Å². The fraction of sp³-hybridized carbons (Fsp3) is 0.857. The Balaban J connectivity index is 0.000000354. The van der Waals surface area contributed by atoms with Crippen molar-refractivity contribution >= 4 is 24.2 Å². The number of ether oxygens (including phenoxy) is 1. The first-order valence-corrected chi connectivity index (χ1v) is 4.07. The molecule has 0 saturated carbocycles. The van der Waals surface area contributed by atoms with Crippen molar-refractivity contribution in [2.24, 2.45) is 0 Å². The van der Waals surface area contributed by atoms with E-state index in [2.05, 4.69) is 22.6 Å². The molecule has 4 nitrogen and oxygen atoms in total. The van der Waals surface area contributed by atoms with E-state index >= 15 is 0 Å². The number of hydrogen-bond donors (Lipinski definition) is 1. The third-order valence-electron chi connectivity index (χ3n) is 1.78. The van der Waals surface area contributed by atoms with Crippen LogP contribution in [0, 0.1) is 0 Å². The summed E-state index contributed by atoms with van der Waals surface area (Å²) in [7, 11) is 1.76. The van der Waals surface area contributed by atoms with Crippen LogP contribution in [0.3, 0.4) is 0 Å². The Kier molecular flexibility index (Phi) is 7.62. The van der Waals surface area contributed by atoms with Crippen molar-refractivity contribution in [1.82, 2.24) is 4.90 Å². The quantitative estimate of drug-likeness (QED) is 0.266. The number of hydrogen-bond acceptors (Lipinski definition) is 3. The van der Waals surface area contributed by atoms with Crippen LogP contribution in [-0.4, -0.2) is 65.7 Å². The van der Waals surface area contributed by atoms with Crippen molar-refractivity contribution in [2.45, 2.75) is 11.1 Å². The van der Waals surface area contributed by atoms with E-state index in [4.69, 9.17) is 14.6 Å². The molecule has 1 rings (SSSR count). The zero-order chi connectivity index (χ0) is 9.40. The van der Waals surface area contributed by atoms with E-state index in [0.717, 1.165) is 11.3 Å². The first kappa shape index (κ1) is 12.0. The molecule has 1 aliphatic rings. The van der Waals surface area contributed by atoms with Gasteiger partial charge >= 0.3 is 65.3 Å². The van der Waals surface area contributed by atoms with Gasteiger partial charge < -0.3 is 5.11 Å². The summed E-state index contributed by atoms with van der Waals surface area (Å²) in [6, 6.07) is 0. The molecule has 0 bridgehead atoms. The summed E-state index contributed by atoms with van der Waals surface area (Å²) in [5, 5.41) is 6.89. The van der Waals surface area contributed by atoms with Crippen molar-refractivity contribution in [3.8, 4) is 0 Å². The van der Waals surface area contributed by atoms with Gasteiger partial charge in [-0.3, -0.25) is 4.79 Å². The third-order valence-corrected chi connectivity index (χ3v) is 1.78. The molecule has 0 radical (unpaired) electrons. The molecular formula is C7H14LiNO3. The molecule has 1 fully saturated rings. The second kappa shape index (κ2) is 7.63. The molecule has 2 atom stereocenters. The summed E-state index contributed by atoms with van der Waals surface area (Å²) in [6.07, 6.45) is 1.18. The van der Waals surface area contributed by atoms with Gasteiger partial charge in [0.05, 0.1) is 0 Å². The fourth-order valence-corrected chi connectivity index (χ4v) is 1.02. The van der Waals surface area contributed by atoms with Crippen LogP contribution in [0.1, 0.15) is 6.42 Å². The van der Waals surface area contributed by atoms with E-state index in [1.54, 1.807) is 7.11 Å². The van der Waals surface area contributed by atoms with E-state index < -0.39 is 0 Å². The standard InChI is InChI=1S/C6H12NO.CH2O2.Li/c1-8-6-2-3-7-4-5-7;2-1-3;/h4H,2-3,5-6H2,1H3;1H,(H,2,3);/t7-;;/m1../s1. The van der Waals surface area contributed by atoms with E-state index in [0.29, 0.717) is 0 Å². The van der Waals surface area contributed by atoms with Crippen molar-refractivity contribution in [2.75, 3.05) is 26.8 Å². The van der Waals surface area contributed by atoms with Crippen LogP contribution in [0.2, 0.25) is 0 Å². The second-order valence-electron chi connectivity index (χ2n) is 2.80. The number of nitrogens with zero attached hydrogens (tertiary/aromatic N) is 1. The van der Waals surface area contributed by atoms with Crippen molar-refractivity contribution in [1.29, 1.82) is 0 Å². The van der Waals surface area contributed by atoms with Gasteiger partial charge in [0.2, 0.25) is 0 Å². The van der Waals surface area contributed by atoms with Crippen molar-refractivity contribution < 1.29 is 14.6 Å². The SMILES string of the molecule is O=CO.[Li][CH]1C[N@]1CCCOC. The summed E-state index contributed by atoms with van der Waals surface area (Å²) in [5.41, 5.74) is 0. The molecule has 1 saturated heterocycles. The summed E-state index contributed by atoms with van der Waals surface area (Å²) in [6.45, 7) is 3.17. The molecule has 0 aromatic rings. The van der Waals surface area contributed by atoms with E-state index in [9.17, 15) is 0 Å². The number of methoxy groups -OCH3 is 1. The van der Waals surface area contributed by atoms with Gasteiger partial charge in [-0.1, -0.05) is 0 Å². The van der Waals surface area contributed by atoms with Gasteiger partial charge in [0.15, 0.2) is 0 Å². The Morgan fingerprint density at radius 1 is 1.83 bits per heavy atom. The Morgan fingerprint density at radius 2 is 2.33 bits per heavy atom. The molecule has 1 unspecified atom stereocenters. The number of rotatable bonds is 4. The van der Waals surface area contributed by atoms with Gasteiger partial charge in [-0.2, -0.15) is 0 Å². The molecule has 0 aromatic heterocycles. The van der Waals surface area contributed by atoms with Crippen LogP contribution >= 0.6 is 0 Å². The normalized spacial score (nSPS) is 25.6. The zero-order valence-electron chi connectivity index (χ0n) is 7.69. The molecule has 1 N–H and O–H groups in total. The Hall–Kier alpha value is -0.0126. The number of carboxylic acid groups (broad SMARTS) is 1. The summed E-state index contributed by atoms with van der Waals surface area (Å²) < 4.78 is 5.78. The van der Waals surface area contributed by atoms with Crippen LogP contribution < -0.4 is 0 Å². The third kappa shape index (κ3) is 6.68. The Labute approximate surface area is 82.1 Å². The topological polar surface area (TPSA) is 49.5 Å². The first-order valence-electron chi connectivity index (χ1n) is 4.07. The van der Waals surface area contributed by atoms with Crippen LogP contribution in [-0.2, 0) is 9.53 Å². The van der Waals surface area contributed by atoms with Crippen LogP contribution in [0.25, 0.3) is 0 Å². The minimum atomic E-state index is -0.250. The predicted octanol–water partition coefficient (Wildman–Crippen LogP) is -0.466. The monoisotopic (exact) mass is 167 g/mol. The van der Waals surface area contributed by atoms with Crippen LogP contribution in [0.5, 0.6) is 0 Å². The Bertz CT molecular complexity index is 123. The van der Waals surface area contributed by atoms with Gasteiger partial charge in [-0.15, -0.1) is 0 Å². The predicted molar refractivity (Wildman–Crippen MR) is 46.3 cm³/mol. The fourth-order valence-electron chi connectivity index (χ4n) is 1.02. The van der Waals surface area contributed by atoms with Gasteiger partial charge in [-0.25, -0.2) is 0 Å². The maximum absolute atomic E-state index is 8.36. The molecule has 0 amide bonds. The second-order valence-corrected chi connectivity index (χ2v) is 2.80. The zero-order valence-corrected chi connectivity index (χ0v) is 7.69. The Morgan fingerprint density at radius 3 is 2.67 bits per heavy atom. The summed E-state index contributed by atoms with van der Waals surface area (Å²) in [4.78, 5) is 10.8. The van der Waals surface area contributed by atoms with E-state index in [1.165, 1.54) is 19.5 Å². The summed E-state index contributed by atoms with van der Waals surface area (Å²) in [5.74, 6) is 0.